The lowest BCUT2D eigenvalue weighted by molar-refractivity contribution is -0.146. The highest BCUT2D eigenvalue weighted by molar-refractivity contribution is 7.99. The molecule has 1 saturated carbocycles. The Hall–Kier alpha value is -0.710. The van der Waals surface area contributed by atoms with Crippen LogP contribution in [0.1, 0.15) is 32.1 Å². The van der Waals surface area contributed by atoms with Gasteiger partial charge in [-0.3, -0.25) is 9.59 Å². The van der Waals surface area contributed by atoms with Crippen LogP contribution in [0.2, 0.25) is 0 Å². The van der Waals surface area contributed by atoms with Crippen molar-refractivity contribution in [3.05, 3.63) is 0 Å². The molecule has 2 aliphatic rings. The first-order valence-electron chi connectivity index (χ1n) is 6.76. The summed E-state index contributed by atoms with van der Waals surface area (Å²) >= 11 is 1.97. The van der Waals surface area contributed by atoms with Crippen LogP contribution in [0.15, 0.2) is 0 Å². The molecule has 2 unspecified atom stereocenters. The van der Waals surface area contributed by atoms with Crippen LogP contribution in [0.4, 0.5) is 0 Å². The molecule has 2 rings (SSSR count). The van der Waals surface area contributed by atoms with Gasteiger partial charge in [-0.15, -0.1) is 0 Å². The Labute approximate surface area is 112 Å². The Morgan fingerprint density at radius 2 is 1.78 bits per heavy atom. The number of carbonyl (C=O) groups is 2. The zero-order valence-electron chi connectivity index (χ0n) is 10.6. The predicted molar refractivity (Wildman–Crippen MR) is 71.5 cm³/mol. The Morgan fingerprint density at radius 1 is 1.11 bits per heavy atom. The molecule has 1 aliphatic carbocycles. The number of thioether (sulfide) groups is 1. The van der Waals surface area contributed by atoms with Crippen molar-refractivity contribution in [1.29, 1.82) is 0 Å². The summed E-state index contributed by atoms with van der Waals surface area (Å²) in [5.74, 6) is 1.32. The molecule has 0 aromatic heterocycles. The van der Waals surface area contributed by atoms with Crippen LogP contribution in [-0.2, 0) is 9.59 Å². The molecule has 2 atom stereocenters. The van der Waals surface area contributed by atoms with Gasteiger partial charge in [-0.2, -0.15) is 11.8 Å². The molecular weight excluding hydrogens is 250 g/mol. The van der Waals surface area contributed by atoms with E-state index in [9.17, 15) is 9.59 Å². The number of hydrogen-bond acceptors (Lipinski definition) is 3. The number of carboxylic acid groups (broad SMARTS) is 1. The molecule has 0 spiro atoms. The van der Waals surface area contributed by atoms with Gasteiger partial charge in [-0.05, 0) is 43.1 Å². The number of rotatable bonds is 4. The number of carboxylic acids is 1. The molecule has 1 aliphatic heterocycles. The van der Waals surface area contributed by atoms with Crippen molar-refractivity contribution in [3.8, 4) is 0 Å². The largest absolute Gasteiger partial charge is 0.481 e. The highest BCUT2D eigenvalue weighted by Crippen LogP contribution is 2.32. The number of aliphatic carboxylic acids is 1. The summed E-state index contributed by atoms with van der Waals surface area (Å²) in [5, 5.41) is 12.0. The Morgan fingerprint density at radius 3 is 2.44 bits per heavy atom. The average molecular weight is 271 g/mol. The molecule has 5 heteroatoms. The summed E-state index contributed by atoms with van der Waals surface area (Å²) in [6, 6.07) is 0. The summed E-state index contributed by atoms with van der Waals surface area (Å²) in [6.07, 6.45) is 4.56. The molecule has 102 valence electrons. The summed E-state index contributed by atoms with van der Waals surface area (Å²) in [7, 11) is 0. The van der Waals surface area contributed by atoms with Crippen molar-refractivity contribution < 1.29 is 14.7 Å². The van der Waals surface area contributed by atoms with Gasteiger partial charge in [-0.25, -0.2) is 0 Å². The second-order valence-corrected chi connectivity index (χ2v) is 6.51. The average Bonchev–Trinajstić information content (AvgIpc) is 2.86. The van der Waals surface area contributed by atoms with Gasteiger partial charge in [0.1, 0.15) is 0 Å². The lowest BCUT2D eigenvalue weighted by Gasteiger charge is -2.23. The van der Waals surface area contributed by atoms with Crippen molar-refractivity contribution in [2.45, 2.75) is 32.1 Å². The summed E-state index contributed by atoms with van der Waals surface area (Å²) < 4.78 is 0. The second kappa shape index (κ2) is 6.45. The van der Waals surface area contributed by atoms with E-state index in [-0.39, 0.29) is 11.8 Å². The van der Waals surface area contributed by atoms with Crippen LogP contribution in [0.3, 0.4) is 0 Å². The molecule has 0 radical (unpaired) electrons. The minimum Gasteiger partial charge on any atom is -0.481 e. The van der Waals surface area contributed by atoms with Crippen LogP contribution in [0.5, 0.6) is 0 Å². The second-order valence-electron chi connectivity index (χ2n) is 5.28. The SMILES string of the molecule is O=C(O)C1CCCC1C(=O)NCC1CCSCC1. The highest BCUT2D eigenvalue weighted by Gasteiger charge is 2.37. The smallest absolute Gasteiger partial charge is 0.307 e. The van der Waals surface area contributed by atoms with Crippen molar-refractivity contribution in [3.63, 3.8) is 0 Å². The molecule has 1 amide bonds. The summed E-state index contributed by atoms with van der Waals surface area (Å²) in [5.41, 5.74) is 0. The molecule has 0 aromatic rings. The normalized spacial score (nSPS) is 29.1. The van der Waals surface area contributed by atoms with Crippen LogP contribution < -0.4 is 5.32 Å². The molecule has 2 N–H and O–H groups in total. The van der Waals surface area contributed by atoms with Crippen molar-refractivity contribution >= 4 is 23.6 Å². The number of nitrogens with one attached hydrogen (secondary N) is 1. The molecule has 1 heterocycles. The van der Waals surface area contributed by atoms with Gasteiger partial charge in [-0.1, -0.05) is 6.42 Å². The van der Waals surface area contributed by atoms with E-state index in [1.54, 1.807) is 0 Å². The Kier molecular flexibility index (Phi) is 4.92. The number of hydrogen-bond donors (Lipinski definition) is 2. The predicted octanol–water partition coefficient (Wildman–Crippen LogP) is 1.75. The number of amides is 1. The first kappa shape index (κ1) is 13.7. The Balaban J connectivity index is 1.78. The third-order valence-electron chi connectivity index (χ3n) is 4.08. The molecule has 4 nitrogen and oxygen atoms in total. The highest BCUT2D eigenvalue weighted by atomic mass is 32.2. The fourth-order valence-corrected chi connectivity index (χ4v) is 4.10. The standard InChI is InChI=1S/C13H21NO3S/c15-12(10-2-1-3-11(10)13(16)17)14-8-9-4-6-18-7-5-9/h9-11H,1-8H2,(H,14,15)(H,16,17). The van der Waals surface area contributed by atoms with Gasteiger partial charge in [0.15, 0.2) is 0 Å². The maximum absolute atomic E-state index is 12.0. The lowest BCUT2D eigenvalue weighted by atomic mass is 9.95. The van der Waals surface area contributed by atoms with Gasteiger partial charge < -0.3 is 10.4 Å². The van der Waals surface area contributed by atoms with Gasteiger partial charge in [0.25, 0.3) is 0 Å². The zero-order chi connectivity index (χ0) is 13.0. The van der Waals surface area contributed by atoms with E-state index < -0.39 is 11.9 Å². The van der Waals surface area contributed by atoms with Gasteiger partial charge in [0.05, 0.1) is 11.8 Å². The van der Waals surface area contributed by atoms with Gasteiger partial charge >= 0.3 is 5.97 Å². The molecule has 0 bridgehead atoms. The van der Waals surface area contributed by atoms with E-state index in [0.717, 1.165) is 32.2 Å². The maximum atomic E-state index is 12.0. The monoisotopic (exact) mass is 271 g/mol. The third-order valence-corrected chi connectivity index (χ3v) is 5.12. The van der Waals surface area contributed by atoms with E-state index in [4.69, 9.17) is 5.11 Å². The lowest BCUT2D eigenvalue weighted by Crippen LogP contribution is -2.38. The molecular formula is C13H21NO3S. The third kappa shape index (κ3) is 3.40. The van der Waals surface area contributed by atoms with Crippen LogP contribution in [0.25, 0.3) is 0 Å². The molecule has 0 aromatic carbocycles. The fourth-order valence-electron chi connectivity index (χ4n) is 2.90. The molecule has 1 saturated heterocycles. The minimum absolute atomic E-state index is 0.0434. The van der Waals surface area contributed by atoms with Crippen LogP contribution >= 0.6 is 11.8 Å². The van der Waals surface area contributed by atoms with Crippen LogP contribution in [0, 0.1) is 17.8 Å². The van der Waals surface area contributed by atoms with E-state index in [1.807, 2.05) is 11.8 Å². The van der Waals surface area contributed by atoms with E-state index in [0.29, 0.717) is 12.3 Å². The van der Waals surface area contributed by atoms with Crippen molar-refractivity contribution in [2.24, 2.45) is 17.8 Å². The van der Waals surface area contributed by atoms with Gasteiger partial charge in [0.2, 0.25) is 5.91 Å². The van der Waals surface area contributed by atoms with E-state index >= 15 is 0 Å². The molecule has 18 heavy (non-hydrogen) atoms. The minimum atomic E-state index is -0.818. The van der Waals surface area contributed by atoms with E-state index in [2.05, 4.69) is 5.32 Å². The maximum Gasteiger partial charge on any atom is 0.307 e. The zero-order valence-corrected chi connectivity index (χ0v) is 11.4. The van der Waals surface area contributed by atoms with Crippen molar-refractivity contribution in [1.82, 2.24) is 5.32 Å². The van der Waals surface area contributed by atoms with Crippen molar-refractivity contribution in [2.75, 3.05) is 18.1 Å². The summed E-state index contributed by atoms with van der Waals surface area (Å²) in [4.78, 5) is 23.1. The Bertz CT molecular complexity index is 315. The first-order valence-corrected chi connectivity index (χ1v) is 7.92. The first-order chi connectivity index (χ1) is 8.68. The van der Waals surface area contributed by atoms with Crippen LogP contribution in [-0.4, -0.2) is 35.0 Å². The van der Waals surface area contributed by atoms with E-state index in [1.165, 1.54) is 11.5 Å². The van der Waals surface area contributed by atoms with Gasteiger partial charge in [0, 0.05) is 6.54 Å². The quantitative estimate of drug-likeness (QED) is 0.817. The fraction of sp³-hybridized carbons (Fsp3) is 0.846. The molecule has 2 fully saturated rings. The number of carbonyl (C=O) groups excluding carboxylic acids is 1. The topological polar surface area (TPSA) is 66.4 Å². The summed E-state index contributed by atoms with van der Waals surface area (Å²) in [6.45, 7) is 0.724.